The summed E-state index contributed by atoms with van der Waals surface area (Å²) in [6, 6.07) is 15.2. The zero-order valence-electron chi connectivity index (χ0n) is 15.8. The number of carbonyl (C=O) groups is 2. The molecule has 2 aromatic carbocycles. The van der Waals surface area contributed by atoms with Crippen LogP contribution in [0.4, 0.5) is 0 Å². The highest BCUT2D eigenvalue weighted by Crippen LogP contribution is 2.31. The minimum absolute atomic E-state index is 0.0806. The second kappa shape index (κ2) is 8.25. The number of rotatable bonds is 7. The zero-order chi connectivity index (χ0) is 19.3. The minimum Gasteiger partial charge on any atom is -0.486 e. The summed E-state index contributed by atoms with van der Waals surface area (Å²) in [6.07, 6.45) is 1.05. The third-order valence-corrected chi connectivity index (χ3v) is 4.41. The number of nitrogens with one attached hydrogen (secondary N) is 1. The Labute approximate surface area is 159 Å². The van der Waals surface area contributed by atoms with Crippen molar-refractivity contribution in [2.24, 2.45) is 0 Å². The summed E-state index contributed by atoms with van der Waals surface area (Å²) in [5.41, 5.74) is 1.32. The molecule has 1 N–H and O–H groups in total. The number of carbonyl (C=O) groups excluding carboxylic acids is 2. The Bertz CT molecular complexity index is 814. The van der Waals surface area contributed by atoms with Gasteiger partial charge in [-0.1, -0.05) is 30.3 Å². The molecule has 0 radical (unpaired) electrons. The van der Waals surface area contributed by atoms with Crippen molar-refractivity contribution >= 4 is 11.7 Å². The van der Waals surface area contributed by atoms with E-state index in [0.29, 0.717) is 30.3 Å². The Kier molecular flexibility index (Phi) is 5.79. The van der Waals surface area contributed by atoms with Crippen LogP contribution in [-0.4, -0.2) is 30.4 Å². The van der Waals surface area contributed by atoms with Gasteiger partial charge in [-0.25, -0.2) is 0 Å². The van der Waals surface area contributed by atoms with Gasteiger partial charge in [0, 0.05) is 23.9 Å². The molecule has 0 aliphatic carbocycles. The largest absolute Gasteiger partial charge is 0.486 e. The summed E-state index contributed by atoms with van der Waals surface area (Å²) in [7, 11) is 0. The van der Waals surface area contributed by atoms with E-state index in [2.05, 4.69) is 5.32 Å². The molecule has 1 amide bonds. The van der Waals surface area contributed by atoms with Crippen LogP contribution in [0.2, 0.25) is 0 Å². The second-order valence-electron chi connectivity index (χ2n) is 7.38. The first kappa shape index (κ1) is 19.0. The van der Waals surface area contributed by atoms with Crippen molar-refractivity contribution in [3.63, 3.8) is 0 Å². The Morgan fingerprint density at radius 3 is 2.41 bits per heavy atom. The summed E-state index contributed by atoms with van der Waals surface area (Å²) in [5.74, 6) is 1.03. The Hall–Kier alpha value is -2.82. The molecular formula is C22H25NO4. The molecule has 0 saturated carbocycles. The fraction of sp³-hybridized carbons (Fsp3) is 0.364. The predicted octanol–water partition coefficient (Wildman–Crippen LogP) is 3.56. The number of ether oxygens (including phenoxy) is 2. The maximum atomic E-state index is 12.4. The van der Waals surface area contributed by atoms with E-state index in [1.165, 1.54) is 0 Å². The van der Waals surface area contributed by atoms with E-state index in [-0.39, 0.29) is 30.1 Å². The zero-order valence-corrected chi connectivity index (χ0v) is 15.8. The number of hydrogen-bond acceptors (Lipinski definition) is 4. The summed E-state index contributed by atoms with van der Waals surface area (Å²) in [4.78, 5) is 24.7. The lowest BCUT2D eigenvalue weighted by Crippen LogP contribution is -2.45. The molecule has 5 nitrogen and oxygen atoms in total. The van der Waals surface area contributed by atoms with E-state index in [4.69, 9.17) is 9.47 Å². The highest BCUT2D eigenvalue weighted by atomic mass is 16.6. The molecule has 1 aliphatic rings. The number of amides is 1. The Morgan fingerprint density at radius 2 is 1.67 bits per heavy atom. The molecule has 5 heteroatoms. The van der Waals surface area contributed by atoms with Crippen molar-refractivity contribution in [1.82, 2.24) is 5.32 Å². The summed E-state index contributed by atoms with van der Waals surface area (Å²) in [5, 5.41) is 3.03. The lowest BCUT2D eigenvalue weighted by atomic mass is 9.94. The maximum Gasteiger partial charge on any atom is 0.220 e. The SMILES string of the molecule is CC(C)(Cc1ccccc1)NC(=O)CCC(=O)c1ccc2c(c1)OCCO2. The third kappa shape index (κ3) is 5.33. The van der Waals surface area contributed by atoms with Crippen LogP contribution in [-0.2, 0) is 11.2 Å². The first-order chi connectivity index (χ1) is 12.9. The van der Waals surface area contributed by atoms with Gasteiger partial charge in [0.1, 0.15) is 13.2 Å². The quantitative estimate of drug-likeness (QED) is 0.760. The molecule has 0 unspecified atom stereocenters. The van der Waals surface area contributed by atoms with Gasteiger partial charge < -0.3 is 14.8 Å². The van der Waals surface area contributed by atoms with Crippen LogP contribution in [0.25, 0.3) is 0 Å². The second-order valence-corrected chi connectivity index (χ2v) is 7.38. The number of benzene rings is 2. The number of ketones is 1. The van der Waals surface area contributed by atoms with Gasteiger partial charge in [-0.3, -0.25) is 9.59 Å². The van der Waals surface area contributed by atoms with E-state index in [1.54, 1.807) is 18.2 Å². The van der Waals surface area contributed by atoms with Crippen LogP contribution in [0.3, 0.4) is 0 Å². The molecular weight excluding hydrogens is 342 g/mol. The van der Waals surface area contributed by atoms with Gasteiger partial charge in [-0.2, -0.15) is 0 Å². The van der Waals surface area contributed by atoms with Crippen molar-refractivity contribution in [1.29, 1.82) is 0 Å². The van der Waals surface area contributed by atoms with Gasteiger partial charge in [0.05, 0.1) is 0 Å². The van der Waals surface area contributed by atoms with Gasteiger partial charge in [0.15, 0.2) is 17.3 Å². The Balaban J connectivity index is 1.51. The van der Waals surface area contributed by atoms with Crippen LogP contribution in [0.15, 0.2) is 48.5 Å². The van der Waals surface area contributed by atoms with Gasteiger partial charge in [0.2, 0.25) is 5.91 Å². The molecule has 0 bridgehead atoms. The normalized spacial score (nSPS) is 13.1. The van der Waals surface area contributed by atoms with Gasteiger partial charge in [0.25, 0.3) is 0 Å². The molecule has 0 spiro atoms. The maximum absolute atomic E-state index is 12.4. The highest BCUT2D eigenvalue weighted by molar-refractivity contribution is 5.98. The van der Waals surface area contributed by atoms with Crippen molar-refractivity contribution < 1.29 is 19.1 Å². The molecule has 1 aliphatic heterocycles. The van der Waals surface area contributed by atoms with E-state index < -0.39 is 0 Å². The molecule has 0 saturated heterocycles. The average Bonchev–Trinajstić information content (AvgIpc) is 2.65. The molecule has 2 aromatic rings. The van der Waals surface area contributed by atoms with Crippen molar-refractivity contribution in [3.05, 3.63) is 59.7 Å². The van der Waals surface area contributed by atoms with Gasteiger partial charge in [-0.15, -0.1) is 0 Å². The minimum atomic E-state index is -0.377. The average molecular weight is 367 g/mol. The number of fused-ring (bicyclic) bond motifs is 1. The first-order valence-electron chi connectivity index (χ1n) is 9.21. The third-order valence-electron chi connectivity index (χ3n) is 4.41. The van der Waals surface area contributed by atoms with Crippen LogP contribution >= 0.6 is 0 Å². The van der Waals surface area contributed by atoms with E-state index in [9.17, 15) is 9.59 Å². The smallest absolute Gasteiger partial charge is 0.220 e. The van der Waals surface area contributed by atoms with Crippen molar-refractivity contribution in [2.45, 2.75) is 38.6 Å². The topological polar surface area (TPSA) is 64.6 Å². The van der Waals surface area contributed by atoms with Crippen LogP contribution < -0.4 is 14.8 Å². The lowest BCUT2D eigenvalue weighted by Gasteiger charge is -2.26. The highest BCUT2D eigenvalue weighted by Gasteiger charge is 2.22. The van der Waals surface area contributed by atoms with E-state index >= 15 is 0 Å². The number of Topliss-reactive ketones (excluding diaryl/α,β-unsaturated/α-hetero) is 1. The lowest BCUT2D eigenvalue weighted by molar-refractivity contribution is -0.122. The molecule has 0 aromatic heterocycles. The molecule has 142 valence electrons. The predicted molar refractivity (Wildman–Crippen MR) is 103 cm³/mol. The van der Waals surface area contributed by atoms with Gasteiger partial charge in [-0.05, 0) is 44.0 Å². The van der Waals surface area contributed by atoms with Crippen molar-refractivity contribution in [2.75, 3.05) is 13.2 Å². The number of hydrogen-bond donors (Lipinski definition) is 1. The van der Waals surface area contributed by atoms with Crippen LogP contribution in [0.5, 0.6) is 11.5 Å². The Morgan fingerprint density at radius 1 is 0.963 bits per heavy atom. The van der Waals surface area contributed by atoms with E-state index in [0.717, 1.165) is 12.0 Å². The molecule has 3 rings (SSSR count). The molecule has 0 fully saturated rings. The van der Waals surface area contributed by atoms with Crippen molar-refractivity contribution in [3.8, 4) is 11.5 Å². The molecule has 0 atom stereocenters. The molecule has 27 heavy (non-hydrogen) atoms. The summed E-state index contributed by atoms with van der Waals surface area (Å²) in [6.45, 7) is 4.96. The van der Waals surface area contributed by atoms with Gasteiger partial charge >= 0.3 is 0 Å². The first-order valence-corrected chi connectivity index (χ1v) is 9.21. The fourth-order valence-corrected chi connectivity index (χ4v) is 3.18. The standard InChI is InChI=1S/C22H25NO4/c1-22(2,15-16-6-4-3-5-7-16)23-21(25)11-9-18(24)17-8-10-19-20(14-17)27-13-12-26-19/h3-8,10,14H,9,11-13,15H2,1-2H3,(H,23,25). The summed E-state index contributed by atoms with van der Waals surface area (Å²) >= 11 is 0. The fourth-order valence-electron chi connectivity index (χ4n) is 3.18. The van der Waals surface area contributed by atoms with Crippen LogP contribution in [0, 0.1) is 0 Å². The van der Waals surface area contributed by atoms with Crippen LogP contribution in [0.1, 0.15) is 42.6 Å². The summed E-state index contributed by atoms with van der Waals surface area (Å²) < 4.78 is 11.0. The van der Waals surface area contributed by atoms with E-state index in [1.807, 2.05) is 44.2 Å². The monoisotopic (exact) mass is 367 g/mol. The molecule has 1 heterocycles.